The van der Waals surface area contributed by atoms with Crippen LogP contribution in [0.2, 0.25) is 0 Å². The molecule has 5 heteroatoms. The molecule has 0 spiro atoms. The number of thioether (sulfide) groups is 1. The molecule has 0 saturated heterocycles. The molecule has 0 radical (unpaired) electrons. The summed E-state index contributed by atoms with van der Waals surface area (Å²) >= 11 is 1.72. The quantitative estimate of drug-likeness (QED) is 0.824. The van der Waals surface area contributed by atoms with Gasteiger partial charge in [-0.1, -0.05) is 36.4 Å². The van der Waals surface area contributed by atoms with E-state index in [9.17, 15) is 9.59 Å². The van der Waals surface area contributed by atoms with Crippen molar-refractivity contribution < 1.29 is 9.59 Å². The largest absolute Gasteiger partial charge is 0.329 e. The number of anilines is 1. The van der Waals surface area contributed by atoms with Crippen LogP contribution in [-0.2, 0) is 16.1 Å². The van der Waals surface area contributed by atoms with Gasteiger partial charge in [0, 0.05) is 29.4 Å². The van der Waals surface area contributed by atoms with Crippen molar-refractivity contribution in [2.24, 2.45) is 0 Å². The summed E-state index contributed by atoms with van der Waals surface area (Å²) in [5.74, 6) is -0.279. The molecule has 0 fully saturated rings. The maximum absolute atomic E-state index is 12.4. The van der Waals surface area contributed by atoms with Crippen LogP contribution >= 0.6 is 11.8 Å². The number of hydrogen-bond acceptors (Lipinski definition) is 3. The maximum Gasteiger partial charge on any atom is 0.313 e. The van der Waals surface area contributed by atoms with E-state index in [4.69, 9.17) is 0 Å². The van der Waals surface area contributed by atoms with Crippen LogP contribution in [0.3, 0.4) is 0 Å². The Morgan fingerprint density at radius 2 is 1.73 bits per heavy atom. The molecular weight excluding hydrogens is 296 g/mol. The number of amides is 2. The van der Waals surface area contributed by atoms with E-state index in [1.165, 1.54) is 4.90 Å². The average Bonchev–Trinajstić information content (AvgIpc) is 2.77. The number of nitrogens with one attached hydrogen (secondary N) is 1. The lowest BCUT2D eigenvalue weighted by molar-refractivity contribution is -0.143. The smallest absolute Gasteiger partial charge is 0.313 e. The molecule has 2 amide bonds. The van der Waals surface area contributed by atoms with E-state index >= 15 is 0 Å². The van der Waals surface area contributed by atoms with Crippen molar-refractivity contribution in [1.82, 2.24) is 4.90 Å². The summed E-state index contributed by atoms with van der Waals surface area (Å²) in [5, 5.41) is 2.65. The molecule has 112 valence electrons. The van der Waals surface area contributed by atoms with Crippen LogP contribution in [-0.4, -0.2) is 29.0 Å². The van der Waals surface area contributed by atoms with E-state index in [0.717, 1.165) is 11.3 Å². The first kappa shape index (κ1) is 14.7. The van der Waals surface area contributed by atoms with Gasteiger partial charge >= 0.3 is 11.8 Å². The van der Waals surface area contributed by atoms with E-state index in [1.54, 1.807) is 28.8 Å². The zero-order valence-electron chi connectivity index (χ0n) is 12.0. The molecular formula is C17H16N2O2S. The number of carbonyl (C=O) groups is 2. The number of nitrogens with zero attached hydrogens (tertiary/aromatic N) is 1. The first-order chi connectivity index (χ1) is 10.7. The van der Waals surface area contributed by atoms with Crippen molar-refractivity contribution in [3.8, 4) is 0 Å². The minimum absolute atomic E-state index is 0.476. The van der Waals surface area contributed by atoms with Gasteiger partial charge < -0.3 is 10.2 Å². The summed E-state index contributed by atoms with van der Waals surface area (Å²) in [6.45, 7) is 1.05. The highest BCUT2D eigenvalue weighted by atomic mass is 32.2. The summed E-state index contributed by atoms with van der Waals surface area (Å²) in [7, 11) is 0. The zero-order chi connectivity index (χ0) is 15.4. The van der Waals surface area contributed by atoms with Gasteiger partial charge in [0.2, 0.25) is 0 Å². The standard InChI is InChI=1S/C17H16N2O2S/c20-16(18-14-7-2-1-3-8-14)17(21)19-10-11-22-15-9-5-4-6-13(15)12-19/h1-9H,10-12H2,(H,18,20). The molecule has 0 saturated carbocycles. The van der Waals surface area contributed by atoms with Crippen LogP contribution in [0.4, 0.5) is 5.69 Å². The van der Waals surface area contributed by atoms with E-state index in [0.29, 0.717) is 18.8 Å². The van der Waals surface area contributed by atoms with Crippen LogP contribution in [0, 0.1) is 0 Å². The van der Waals surface area contributed by atoms with Gasteiger partial charge in [0.1, 0.15) is 0 Å². The number of benzene rings is 2. The third-order valence-electron chi connectivity index (χ3n) is 3.47. The normalized spacial score (nSPS) is 13.9. The summed E-state index contributed by atoms with van der Waals surface area (Å²) in [6.07, 6.45) is 0. The molecule has 1 N–H and O–H groups in total. The molecule has 3 rings (SSSR count). The maximum atomic E-state index is 12.4. The topological polar surface area (TPSA) is 49.4 Å². The van der Waals surface area contributed by atoms with Crippen molar-refractivity contribution in [3.05, 3.63) is 60.2 Å². The van der Waals surface area contributed by atoms with Crippen molar-refractivity contribution in [2.75, 3.05) is 17.6 Å². The zero-order valence-corrected chi connectivity index (χ0v) is 12.8. The molecule has 0 bridgehead atoms. The fourth-order valence-corrected chi connectivity index (χ4v) is 3.37. The second-order valence-corrected chi connectivity index (χ2v) is 6.14. The third-order valence-corrected chi connectivity index (χ3v) is 4.56. The lowest BCUT2D eigenvalue weighted by atomic mass is 10.2. The highest BCUT2D eigenvalue weighted by Crippen LogP contribution is 2.27. The minimum atomic E-state index is -0.587. The van der Waals surface area contributed by atoms with Crippen molar-refractivity contribution >= 4 is 29.3 Å². The molecule has 1 aliphatic heterocycles. The first-order valence-electron chi connectivity index (χ1n) is 7.10. The van der Waals surface area contributed by atoms with Gasteiger partial charge in [-0.15, -0.1) is 11.8 Å². The van der Waals surface area contributed by atoms with E-state index in [2.05, 4.69) is 11.4 Å². The Morgan fingerprint density at radius 1 is 1.00 bits per heavy atom. The summed E-state index contributed by atoms with van der Waals surface area (Å²) < 4.78 is 0. The molecule has 2 aromatic carbocycles. The van der Waals surface area contributed by atoms with Gasteiger partial charge in [-0.3, -0.25) is 9.59 Å². The Kier molecular flexibility index (Phi) is 4.44. The minimum Gasteiger partial charge on any atom is -0.329 e. The lowest BCUT2D eigenvalue weighted by Gasteiger charge is -2.19. The van der Waals surface area contributed by atoms with Gasteiger partial charge in [0.25, 0.3) is 0 Å². The Bertz CT molecular complexity index is 688. The van der Waals surface area contributed by atoms with E-state index in [-0.39, 0.29) is 0 Å². The van der Waals surface area contributed by atoms with Gasteiger partial charge in [-0.2, -0.15) is 0 Å². The highest BCUT2D eigenvalue weighted by molar-refractivity contribution is 7.99. The van der Waals surface area contributed by atoms with Crippen LogP contribution in [0.15, 0.2) is 59.5 Å². The number of rotatable bonds is 1. The Hall–Kier alpha value is -2.27. The lowest BCUT2D eigenvalue weighted by Crippen LogP contribution is -2.40. The predicted molar refractivity (Wildman–Crippen MR) is 87.7 cm³/mol. The Balaban J connectivity index is 1.71. The number of carbonyl (C=O) groups excluding carboxylic acids is 2. The molecule has 2 aromatic rings. The Morgan fingerprint density at radius 3 is 2.55 bits per heavy atom. The Labute approximate surface area is 133 Å². The second kappa shape index (κ2) is 6.66. The van der Waals surface area contributed by atoms with Crippen molar-refractivity contribution in [2.45, 2.75) is 11.4 Å². The van der Waals surface area contributed by atoms with Crippen LogP contribution in [0.1, 0.15) is 5.56 Å². The van der Waals surface area contributed by atoms with Gasteiger partial charge in [0.05, 0.1) is 0 Å². The first-order valence-corrected chi connectivity index (χ1v) is 8.08. The van der Waals surface area contributed by atoms with Crippen LogP contribution in [0.25, 0.3) is 0 Å². The molecule has 1 heterocycles. The average molecular weight is 312 g/mol. The molecule has 4 nitrogen and oxygen atoms in total. The molecule has 0 unspecified atom stereocenters. The third kappa shape index (κ3) is 3.31. The highest BCUT2D eigenvalue weighted by Gasteiger charge is 2.24. The fourth-order valence-electron chi connectivity index (χ4n) is 2.35. The SMILES string of the molecule is O=C(Nc1ccccc1)C(=O)N1CCSc2ccccc2C1. The van der Waals surface area contributed by atoms with Gasteiger partial charge in [-0.25, -0.2) is 0 Å². The molecule has 22 heavy (non-hydrogen) atoms. The summed E-state index contributed by atoms with van der Waals surface area (Å²) in [4.78, 5) is 27.3. The van der Waals surface area contributed by atoms with Crippen LogP contribution < -0.4 is 5.32 Å². The fraction of sp³-hybridized carbons (Fsp3) is 0.176. The van der Waals surface area contributed by atoms with Crippen molar-refractivity contribution in [1.29, 1.82) is 0 Å². The number of fused-ring (bicyclic) bond motifs is 1. The predicted octanol–water partition coefficient (Wildman–Crippen LogP) is 2.76. The van der Waals surface area contributed by atoms with Gasteiger partial charge in [0.15, 0.2) is 0 Å². The molecule has 0 aliphatic carbocycles. The molecule has 0 aromatic heterocycles. The molecule has 0 atom stereocenters. The van der Waals surface area contributed by atoms with Crippen LogP contribution in [0.5, 0.6) is 0 Å². The number of para-hydroxylation sites is 1. The monoisotopic (exact) mass is 312 g/mol. The second-order valence-electron chi connectivity index (χ2n) is 5.00. The summed E-state index contributed by atoms with van der Waals surface area (Å²) in [6, 6.07) is 17.0. The van der Waals surface area contributed by atoms with Crippen molar-refractivity contribution in [3.63, 3.8) is 0 Å². The summed E-state index contributed by atoms with van der Waals surface area (Å²) in [5.41, 5.74) is 1.72. The van der Waals surface area contributed by atoms with E-state index < -0.39 is 11.8 Å². The van der Waals surface area contributed by atoms with E-state index in [1.807, 2.05) is 36.4 Å². The number of hydrogen-bond donors (Lipinski definition) is 1. The van der Waals surface area contributed by atoms with Gasteiger partial charge in [-0.05, 0) is 23.8 Å². The molecule has 1 aliphatic rings.